The molecule has 0 spiro atoms. The van der Waals surface area contributed by atoms with Crippen LogP contribution in [-0.4, -0.2) is 35.5 Å². The standard InChI is InChI=1S/C23H35BrO3/c1-22-7-5-15-14-6-8-23(26,12-27-2)10-13(14)3-4-16(15)20(22)17-9-18(17)21(22)19(25)11-24/h13-18,20-21,26H,3-12H2,1-2H3/t13?,14-,15+,16+,17?,18?,20+,21?,22-,23+/m0/s1. The van der Waals surface area contributed by atoms with E-state index in [1.807, 2.05) is 0 Å². The minimum atomic E-state index is -0.589. The molecule has 3 nitrogen and oxygen atoms in total. The van der Waals surface area contributed by atoms with Crippen LogP contribution in [0.3, 0.4) is 0 Å². The van der Waals surface area contributed by atoms with Gasteiger partial charge in [0, 0.05) is 13.0 Å². The maximum atomic E-state index is 12.7. The molecular weight excluding hydrogens is 404 g/mol. The fraction of sp³-hybridized carbons (Fsp3) is 0.957. The van der Waals surface area contributed by atoms with E-state index in [1.165, 1.54) is 38.5 Å². The number of alkyl halides is 1. The van der Waals surface area contributed by atoms with Crippen LogP contribution >= 0.6 is 15.9 Å². The number of carbonyl (C=O) groups excluding carboxylic acids is 1. The minimum Gasteiger partial charge on any atom is -0.387 e. The Balaban J connectivity index is 1.37. The predicted molar refractivity (Wildman–Crippen MR) is 109 cm³/mol. The highest BCUT2D eigenvalue weighted by atomic mass is 79.9. The molecule has 5 fully saturated rings. The van der Waals surface area contributed by atoms with Crippen molar-refractivity contribution in [2.45, 2.75) is 63.9 Å². The van der Waals surface area contributed by atoms with Crippen LogP contribution < -0.4 is 0 Å². The third-order valence-electron chi connectivity index (χ3n) is 9.78. The number of fused-ring (bicyclic) bond motifs is 7. The maximum Gasteiger partial charge on any atom is 0.147 e. The van der Waals surface area contributed by atoms with Crippen molar-refractivity contribution in [3.63, 3.8) is 0 Å². The molecular formula is C23H35BrO3. The number of methoxy groups -OCH3 is 1. The van der Waals surface area contributed by atoms with Crippen molar-refractivity contribution in [3.8, 4) is 0 Å². The van der Waals surface area contributed by atoms with Gasteiger partial charge >= 0.3 is 0 Å². The van der Waals surface area contributed by atoms with Gasteiger partial charge in [0.15, 0.2) is 0 Å². The van der Waals surface area contributed by atoms with E-state index in [-0.39, 0.29) is 5.41 Å². The number of ether oxygens (including phenoxy) is 1. The average molecular weight is 439 g/mol. The van der Waals surface area contributed by atoms with Crippen LogP contribution in [0.5, 0.6) is 0 Å². The van der Waals surface area contributed by atoms with Crippen molar-refractivity contribution >= 4 is 21.7 Å². The summed E-state index contributed by atoms with van der Waals surface area (Å²) in [5.74, 6) is 6.27. The summed E-state index contributed by atoms with van der Waals surface area (Å²) in [4.78, 5) is 12.7. The van der Waals surface area contributed by atoms with Crippen LogP contribution in [0.1, 0.15) is 58.3 Å². The van der Waals surface area contributed by atoms with Gasteiger partial charge in [-0.25, -0.2) is 0 Å². The number of Topliss-reactive ketones (excluding diaryl/α,β-unsaturated/α-hetero) is 1. The van der Waals surface area contributed by atoms with E-state index >= 15 is 0 Å². The molecule has 4 unspecified atom stereocenters. The molecule has 0 amide bonds. The summed E-state index contributed by atoms with van der Waals surface area (Å²) < 4.78 is 5.32. The molecule has 1 N–H and O–H groups in total. The summed E-state index contributed by atoms with van der Waals surface area (Å²) in [5, 5.41) is 11.4. The number of ketones is 1. The van der Waals surface area contributed by atoms with E-state index in [9.17, 15) is 9.90 Å². The Hall–Kier alpha value is 0.0700. The normalized spacial score (nSPS) is 55.9. The second-order valence-corrected chi connectivity index (χ2v) is 11.5. The molecule has 5 aliphatic carbocycles. The number of carbonyl (C=O) groups is 1. The Morgan fingerprint density at radius 3 is 2.59 bits per heavy atom. The van der Waals surface area contributed by atoms with Crippen molar-refractivity contribution in [1.82, 2.24) is 0 Å². The number of aliphatic hydroxyl groups is 1. The highest BCUT2D eigenvalue weighted by molar-refractivity contribution is 9.09. The first-order valence-electron chi connectivity index (χ1n) is 11.2. The van der Waals surface area contributed by atoms with E-state index in [1.54, 1.807) is 7.11 Å². The van der Waals surface area contributed by atoms with E-state index in [2.05, 4.69) is 22.9 Å². The zero-order valence-electron chi connectivity index (χ0n) is 16.8. The monoisotopic (exact) mass is 438 g/mol. The third kappa shape index (κ3) is 2.75. The Labute approximate surface area is 172 Å². The van der Waals surface area contributed by atoms with Crippen molar-refractivity contribution in [2.75, 3.05) is 19.0 Å². The number of hydrogen-bond donors (Lipinski definition) is 1. The van der Waals surface area contributed by atoms with Gasteiger partial charge in [-0.1, -0.05) is 22.9 Å². The first kappa shape index (κ1) is 19.1. The lowest BCUT2D eigenvalue weighted by atomic mass is 9.48. The molecule has 0 aliphatic heterocycles. The van der Waals surface area contributed by atoms with Crippen LogP contribution in [0.4, 0.5) is 0 Å². The van der Waals surface area contributed by atoms with Crippen molar-refractivity contribution in [3.05, 3.63) is 0 Å². The Kier molecular flexibility index (Phi) is 4.61. The predicted octanol–water partition coefficient (Wildman–Crippen LogP) is 4.45. The molecule has 5 saturated carbocycles. The molecule has 152 valence electrons. The summed E-state index contributed by atoms with van der Waals surface area (Å²) >= 11 is 3.47. The van der Waals surface area contributed by atoms with Crippen LogP contribution in [0, 0.1) is 52.8 Å². The van der Waals surface area contributed by atoms with Crippen LogP contribution in [0.15, 0.2) is 0 Å². The van der Waals surface area contributed by atoms with Gasteiger partial charge in [0.25, 0.3) is 0 Å². The largest absolute Gasteiger partial charge is 0.387 e. The zero-order chi connectivity index (χ0) is 19.0. The third-order valence-corrected chi connectivity index (χ3v) is 10.3. The first-order valence-corrected chi connectivity index (χ1v) is 12.3. The second-order valence-electron chi connectivity index (χ2n) is 10.9. The highest BCUT2D eigenvalue weighted by Gasteiger charge is 2.70. The van der Waals surface area contributed by atoms with Crippen LogP contribution in [0.25, 0.3) is 0 Å². The summed E-state index contributed by atoms with van der Waals surface area (Å²) in [6.07, 6.45) is 9.50. The van der Waals surface area contributed by atoms with Gasteiger partial charge in [-0.15, -0.1) is 0 Å². The number of hydrogen-bond acceptors (Lipinski definition) is 3. The lowest BCUT2D eigenvalue weighted by molar-refractivity contribution is -0.138. The highest BCUT2D eigenvalue weighted by Crippen LogP contribution is 2.74. The van der Waals surface area contributed by atoms with Crippen molar-refractivity contribution < 1.29 is 14.6 Å². The molecule has 0 saturated heterocycles. The molecule has 0 radical (unpaired) electrons. The van der Waals surface area contributed by atoms with Gasteiger partial charge in [-0.2, -0.15) is 0 Å². The summed E-state index contributed by atoms with van der Waals surface area (Å²) in [7, 11) is 1.71. The molecule has 0 bridgehead atoms. The Morgan fingerprint density at radius 1 is 1.07 bits per heavy atom. The van der Waals surface area contributed by atoms with Crippen molar-refractivity contribution in [1.29, 1.82) is 0 Å². The first-order chi connectivity index (χ1) is 12.9. The van der Waals surface area contributed by atoms with Crippen LogP contribution in [0.2, 0.25) is 0 Å². The average Bonchev–Trinajstić information content (AvgIpc) is 3.35. The van der Waals surface area contributed by atoms with Crippen LogP contribution in [-0.2, 0) is 9.53 Å². The molecule has 5 rings (SSSR count). The second kappa shape index (κ2) is 6.54. The van der Waals surface area contributed by atoms with E-state index in [4.69, 9.17) is 4.74 Å². The topological polar surface area (TPSA) is 46.5 Å². The number of halogens is 1. The minimum absolute atomic E-state index is 0.262. The molecule has 27 heavy (non-hydrogen) atoms. The molecule has 0 aromatic carbocycles. The zero-order valence-corrected chi connectivity index (χ0v) is 18.4. The SMILES string of the molecule is COC[C@@]1(O)CC[C@H]2C(CC[C@@H]3[C@@H]2CC[C@]2(C)C(C(=O)CBr)C4CC4[C@@H]32)C1. The van der Waals surface area contributed by atoms with Gasteiger partial charge in [0.1, 0.15) is 5.78 Å². The van der Waals surface area contributed by atoms with Gasteiger partial charge in [0.2, 0.25) is 0 Å². The fourth-order valence-electron chi connectivity index (χ4n) is 9.02. The van der Waals surface area contributed by atoms with E-state index < -0.39 is 5.60 Å². The summed E-state index contributed by atoms with van der Waals surface area (Å²) in [6.45, 7) is 2.96. The molecule has 0 aromatic heterocycles. The Bertz CT molecular complexity index is 623. The van der Waals surface area contributed by atoms with Gasteiger partial charge in [0.05, 0.1) is 17.5 Å². The molecule has 10 atom stereocenters. The van der Waals surface area contributed by atoms with Gasteiger partial charge in [-0.3, -0.25) is 4.79 Å². The molecule has 0 heterocycles. The summed E-state index contributed by atoms with van der Waals surface area (Å²) in [6, 6.07) is 0. The molecule has 4 heteroatoms. The van der Waals surface area contributed by atoms with Gasteiger partial charge < -0.3 is 9.84 Å². The smallest absolute Gasteiger partial charge is 0.147 e. The van der Waals surface area contributed by atoms with E-state index in [0.717, 1.165) is 42.4 Å². The molecule has 5 aliphatic rings. The summed E-state index contributed by atoms with van der Waals surface area (Å²) in [5.41, 5.74) is -0.327. The number of rotatable bonds is 4. The van der Waals surface area contributed by atoms with E-state index in [0.29, 0.717) is 35.5 Å². The lowest BCUT2D eigenvalue weighted by Crippen LogP contribution is -2.53. The fourth-order valence-corrected chi connectivity index (χ4v) is 9.37. The molecule has 0 aromatic rings. The maximum absolute atomic E-state index is 12.7. The Morgan fingerprint density at radius 2 is 1.85 bits per heavy atom. The lowest BCUT2D eigenvalue weighted by Gasteiger charge is -2.57. The van der Waals surface area contributed by atoms with Gasteiger partial charge in [-0.05, 0) is 98.2 Å². The quantitative estimate of drug-likeness (QED) is 0.659. The van der Waals surface area contributed by atoms with Crippen molar-refractivity contribution in [2.24, 2.45) is 52.8 Å².